The summed E-state index contributed by atoms with van der Waals surface area (Å²) < 4.78 is 13.5. The minimum absolute atomic E-state index is 0.0657. The first-order chi connectivity index (χ1) is 13.0. The normalized spacial score (nSPS) is 14.8. The molecular formula is C19H21FN4O3. The second-order valence-corrected chi connectivity index (χ2v) is 6.42. The third kappa shape index (κ3) is 5.01. The molecule has 0 aromatic heterocycles. The second kappa shape index (κ2) is 8.59. The summed E-state index contributed by atoms with van der Waals surface area (Å²) in [7, 11) is 0. The topological polar surface area (TPSA) is 78.7 Å². The molecule has 0 radical (unpaired) electrons. The van der Waals surface area contributed by atoms with Crippen molar-refractivity contribution in [3.8, 4) is 0 Å². The van der Waals surface area contributed by atoms with Gasteiger partial charge in [-0.15, -0.1) is 0 Å². The minimum atomic E-state index is -0.502. The fourth-order valence-electron chi connectivity index (χ4n) is 3.11. The summed E-state index contributed by atoms with van der Waals surface area (Å²) in [5.41, 5.74) is 1.22. The van der Waals surface area contributed by atoms with Gasteiger partial charge in [-0.3, -0.25) is 19.8 Å². The standard InChI is InChI=1S/C19H21FN4O3/c20-16-6-7-17(24(26)27)18(12-16)23-10-8-22(9-11-23)14-19(25)21-13-15-4-2-1-3-5-15/h1-7,12H,8-11,13-14H2,(H,21,25). The van der Waals surface area contributed by atoms with Crippen molar-refractivity contribution >= 4 is 17.3 Å². The van der Waals surface area contributed by atoms with E-state index in [1.807, 2.05) is 35.2 Å². The highest BCUT2D eigenvalue weighted by Gasteiger charge is 2.25. The van der Waals surface area contributed by atoms with Crippen LogP contribution >= 0.6 is 0 Å². The number of hydrogen-bond acceptors (Lipinski definition) is 5. The number of rotatable bonds is 6. The zero-order valence-electron chi connectivity index (χ0n) is 14.8. The highest BCUT2D eigenvalue weighted by atomic mass is 19.1. The second-order valence-electron chi connectivity index (χ2n) is 6.42. The van der Waals surface area contributed by atoms with Crippen molar-refractivity contribution in [1.29, 1.82) is 0 Å². The number of carbonyl (C=O) groups excluding carboxylic acids is 1. The third-order valence-electron chi connectivity index (χ3n) is 4.55. The molecule has 8 heteroatoms. The van der Waals surface area contributed by atoms with E-state index in [-0.39, 0.29) is 23.8 Å². The predicted octanol–water partition coefficient (Wildman–Crippen LogP) is 2.17. The monoisotopic (exact) mass is 372 g/mol. The van der Waals surface area contributed by atoms with Crippen LogP contribution in [0.15, 0.2) is 48.5 Å². The molecule has 0 spiro atoms. The maximum atomic E-state index is 13.5. The Morgan fingerprint density at radius 3 is 2.48 bits per heavy atom. The number of nitrogens with one attached hydrogen (secondary N) is 1. The maximum Gasteiger partial charge on any atom is 0.292 e. The summed E-state index contributed by atoms with van der Waals surface area (Å²) in [6.45, 7) is 2.90. The van der Waals surface area contributed by atoms with Crippen LogP contribution in [0.1, 0.15) is 5.56 Å². The van der Waals surface area contributed by atoms with Crippen LogP contribution in [0.2, 0.25) is 0 Å². The van der Waals surface area contributed by atoms with Crippen molar-refractivity contribution in [1.82, 2.24) is 10.2 Å². The molecule has 1 saturated heterocycles. The number of carbonyl (C=O) groups is 1. The van der Waals surface area contributed by atoms with Gasteiger partial charge in [-0.1, -0.05) is 30.3 Å². The fourth-order valence-corrected chi connectivity index (χ4v) is 3.11. The molecule has 1 aliphatic rings. The Morgan fingerprint density at radius 2 is 1.81 bits per heavy atom. The molecular weight excluding hydrogens is 351 g/mol. The van der Waals surface area contributed by atoms with Crippen LogP contribution in [0, 0.1) is 15.9 Å². The van der Waals surface area contributed by atoms with Crippen LogP contribution in [-0.2, 0) is 11.3 Å². The number of benzene rings is 2. The molecule has 0 aliphatic carbocycles. The lowest BCUT2D eigenvalue weighted by atomic mass is 10.2. The predicted molar refractivity (Wildman–Crippen MR) is 100.0 cm³/mol. The molecule has 1 N–H and O–H groups in total. The van der Waals surface area contributed by atoms with E-state index >= 15 is 0 Å². The van der Waals surface area contributed by atoms with Gasteiger partial charge in [0.25, 0.3) is 5.69 Å². The van der Waals surface area contributed by atoms with Crippen LogP contribution < -0.4 is 10.2 Å². The van der Waals surface area contributed by atoms with Crippen molar-refractivity contribution in [2.45, 2.75) is 6.54 Å². The van der Waals surface area contributed by atoms with Crippen molar-refractivity contribution in [3.05, 3.63) is 70.0 Å². The van der Waals surface area contributed by atoms with Crippen molar-refractivity contribution in [2.24, 2.45) is 0 Å². The lowest BCUT2D eigenvalue weighted by Gasteiger charge is -2.35. The van der Waals surface area contributed by atoms with Crippen LogP contribution in [0.3, 0.4) is 0 Å². The first-order valence-corrected chi connectivity index (χ1v) is 8.75. The van der Waals surface area contributed by atoms with Gasteiger partial charge in [0.1, 0.15) is 11.5 Å². The maximum absolute atomic E-state index is 13.5. The third-order valence-corrected chi connectivity index (χ3v) is 4.55. The lowest BCUT2D eigenvalue weighted by molar-refractivity contribution is -0.384. The largest absolute Gasteiger partial charge is 0.363 e. The van der Waals surface area contributed by atoms with Gasteiger partial charge < -0.3 is 10.2 Å². The Bertz CT molecular complexity index is 808. The highest BCUT2D eigenvalue weighted by Crippen LogP contribution is 2.29. The summed E-state index contributed by atoms with van der Waals surface area (Å²) in [6.07, 6.45) is 0. The number of halogens is 1. The van der Waals surface area contributed by atoms with E-state index in [2.05, 4.69) is 5.32 Å². The van der Waals surface area contributed by atoms with Crippen LogP contribution in [0.25, 0.3) is 0 Å². The zero-order chi connectivity index (χ0) is 19.2. The molecule has 1 aliphatic heterocycles. The average molecular weight is 372 g/mol. The van der Waals surface area contributed by atoms with E-state index in [4.69, 9.17) is 0 Å². The minimum Gasteiger partial charge on any atom is -0.363 e. The van der Waals surface area contributed by atoms with Gasteiger partial charge in [0, 0.05) is 44.9 Å². The Morgan fingerprint density at radius 1 is 1.11 bits per heavy atom. The van der Waals surface area contributed by atoms with Gasteiger partial charge in [0.2, 0.25) is 5.91 Å². The van der Waals surface area contributed by atoms with E-state index < -0.39 is 10.7 Å². The molecule has 1 amide bonds. The quantitative estimate of drug-likeness (QED) is 0.621. The zero-order valence-corrected chi connectivity index (χ0v) is 14.8. The van der Waals surface area contributed by atoms with E-state index in [1.54, 1.807) is 4.90 Å². The van der Waals surface area contributed by atoms with Crippen LogP contribution in [0.4, 0.5) is 15.8 Å². The summed E-state index contributed by atoms with van der Waals surface area (Å²) in [6, 6.07) is 13.1. The van der Waals surface area contributed by atoms with Gasteiger partial charge in [-0.2, -0.15) is 0 Å². The molecule has 0 saturated carbocycles. The number of nitro benzene ring substituents is 1. The molecule has 0 atom stereocenters. The first-order valence-electron chi connectivity index (χ1n) is 8.75. The van der Waals surface area contributed by atoms with E-state index in [0.717, 1.165) is 11.6 Å². The molecule has 0 bridgehead atoms. The Kier molecular flexibility index (Phi) is 5.97. The molecule has 2 aromatic rings. The van der Waals surface area contributed by atoms with Crippen LogP contribution in [-0.4, -0.2) is 48.5 Å². The SMILES string of the molecule is O=C(CN1CCN(c2cc(F)ccc2[N+](=O)[O-])CC1)NCc1ccccc1. The molecule has 0 unspecified atom stereocenters. The Balaban J connectivity index is 1.51. The van der Waals surface area contributed by atoms with Gasteiger partial charge in [0.05, 0.1) is 11.5 Å². The van der Waals surface area contributed by atoms with Crippen molar-refractivity contribution in [2.75, 3.05) is 37.6 Å². The van der Waals surface area contributed by atoms with E-state index in [0.29, 0.717) is 32.7 Å². The van der Waals surface area contributed by atoms with E-state index in [1.165, 1.54) is 12.1 Å². The summed E-state index contributed by atoms with van der Waals surface area (Å²) in [5, 5.41) is 14.1. The van der Waals surface area contributed by atoms with Crippen molar-refractivity contribution in [3.63, 3.8) is 0 Å². The number of piperazine rings is 1. The van der Waals surface area contributed by atoms with Crippen molar-refractivity contribution < 1.29 is 14.1 Å². The Hall–Kier alpha value is -3.00. The molecule has 1 heterocycles. The molecule has 27 heavy (non-hydrogen) atoms. The number of nitro groups is 1. The van der Waals surface area contributed by atoms with Gasteiger partial charge in [-0.25, -0.2) is 4.39 Å². The Labute approximate surface area is 156 Å². The smallest absolute Gasteiger partial charge is 0.292 e. The lowest BCUT2D eigenvalue weighted by Crippen LogP contribution is -2.49. The highest BCUT2D eigenvalue weighted by molar-refractivity contribution is 5.78. The molecule has 7 nitrogen and oxygen atoms in total. The number of nitrogens with zero attached hydrogens (tertiary/aromatic N) is 3. The first kappa shape index (κ1) is 18.8. The van der Waals surface area contributed by atoms with Gasteiger partial charge in [0.15, 0.2) is 0 Å². The van der Waals surface area contributed by atoms with Gasteiger partial charge >= 0.3 is 0 Å². The summed E-state index contributed by atoms with van der Waals surface area (Å²) >= 11 is 0. The number of anilines is 1. The van der Waals surface area contributed by atoms with Crippen LogP contribution in [0.5, 0.6) is 0 Å². The molecule has 3 rings (SSSR count). The number of amides is 1. The number of hydrogen-bond donors (Lipinski definition) is 1. The molecule has 1 fully saturated rings. The summed E-state index contributed by atoms with van der Waals surface area (Å²) in [4.78, 5) is 26.6. The molecule has 2 aromatic carbocycles. The fraction of sp³-hybridized carbons (Fsp3) is 0.316. The molecule has 142 valence electrons. The summed E-state index contributed by atoms with van der Waals surface area (Å²) in [5.74, 6) is -0.567. The van der Waals surface area contributed by atoms with E-state index in [9.17, 15) is 19.3 Å². The van der Waals surface area contributed by atoms with Gasteiger partial charge in [-0.05, 0) is 11.6 Å². The average Bonchev–Trinajstić information content (AvgIpc) is 2.67.